The first-order valence-corrected chi connectivity index (χ1v) is 8.19. The summed E-state index contributed by atoms with van der Waals surface area (Å²) in [5.41, 5.74) is 0. The molecule has 0 saturated heterocycles. The number of hydrogen-bond acceptors (Lipinski definition) is 0. The Morgan fingerprint density at radius 1 is 0.600 bits per heavy atom. The van der Waals surface area contributed by atoms with Crippen LogP contribution < -0.4 is 9.13 Å². The van der Waals surface area contributed by atoms with Gasteiger partial charge in [0.15, 0.2) is 24.8 Å². The molecular weight excluding hydrogens is 320 g/mol. The standard InChI is InChI=1S/C11H12N2.Br2/c1-3-7-12(8-4-1)11-13-9-5-2-6-10-13;1-2/h1-10H,11H2;/q+2;. The molecule has 2 aromatic rings. The van der Waals surface area contributed by atoms with Gasteiger partial charge in [-0.1, -0.05) is 12.1 Å². The van der Waals surface area contributed by atoms with Crippen molar-refractivity contribution in [3.63, 3.8) is 0 Å². The highest BCUT2D eigenvalue weighted by Crippen LogP contribution is 1.85. The molecular formula is C11H12Br2N2+2. The molecule has 2 nitrogen and oxygen atoms in total. The Balaban J connectivity index is 0.000000531. The summed E-state index contributed by atoms with van der Waals surface area (Å²) >= 11 is 5.50. The van der Waals surface area contributed by atoms with Crippen molar-refractivity contribution in [3.05, 3.63) is 61.2 Å². The molecule has 0 bridgehead atoms. The van der Waals surface area contributed by atoms with Crippen molar-refractivity contribution in [2.45, 2.75) is 6.67 Å². The molecule has 0 saturated carbocycles. The highest BCUT2D eigenvalue weighted by atomic mass is 80.9. The van der Waals surface area contributed by atoms with Crippen molar-refractivity contribution in [2.75, 3.05) is 0 Å². The quantitative estimate of drug-likeness (QED) is 0.747. The number of nitrogens with zero attached hydrogens (tertiary/aromatic N) is 2. The lowest BCUT2D eigenvalue weighted by molar-refractivity contribution is -0.913. The number of rotatable bonds is 2. The second-order valence-corrected chi connectivity index (χ2v) is 2.92. The van der Waals surface area contributed by atoms with Crippen molar-refractivity contribution in [2.24, 2.45) is 0 Å². The molecule has 0 unspecified atom stereocenters. The SMILES string of the molecule is BrBr.c1cc[n+](C[n+]2ccccc2)cc1. The molecule has 0 aliphatic heterocycles. The Kier molecular flexibility index (Phi) is 6.20. The maximum absolute atomic E-state index is 2.75. The summed E-state index contributed by atoms with van der Waals surface area (Å²) in [6.07, 6.45) is 8.22. The van der Waals surface area contributed by atoms with Crippen LogP contribution in [0.2, 0.25) is 0 Å². The average molecular weight is 332 g/mol. The van der Waals surface area contributed by atoms with Gasteiger partial charge in [0, 0.05) is 52.5 Å². The highest BCUT2D eigenvalue weighted by molar-refractivity contribution is 9.93. The summed E-state index contributed by atoms with van der Waals surface area (Å²) < 4.78 is 4.25. The lowest BCUT2D eigenvalue weighted by Gasteiger charge is -1.91. The third kappa shape index (κ3) is 4.53. The van der Waals surface area contributed by atoms with Gasteiger partial charge in [-0.05, 0) is 0 Å². The third-order valence-electron chi connectivity index (χ3n) is 1.88. The molecule has 2 heterocycles. The van der Waals surface area contributed by atoms with E-state index in [-0.39, 0.29) is 0 Å². The molecule has 2 rings (SSSR count). The second-order valence-electron chi connectivity index (χ2n) is 2.92. The minimum Gasteiger partial charge on any atom is -0.147 e. The zero-order chi connectivity index (χ0) is 10.9. The summed E-state index contributed by atoms with van der Waals surface area (Å²) in [6, 6.07) is 12.2. The highest BCUT2D eigenvalue weighted by Gasteiger charge is 2.03. The fraction of sp³-hybridized carbons (Fsp3) is 0.0909. The lowest BCUT2D eigenvalue weighted by Crippen LogP contribution is -2.50. The number of pyridine rings is 2. The molecule has 0 spiro atoms. The Hall–Kier alpha value is -0.740. The Bertz CT molecular complexity index is 327. The van der Waals surface area contributed by atoms with Crippen LogP contribution >= 0.6 is 28.3 Å². The van der Waals surface area contributed by atoms with E-state index in [0.29, 0.717) is 0 Å². The summed E-state index contributed by atoms with van der Waals surface area (Å²) in [5, 5.41) is 0. The number of halogens is 2. The molecule has 0 atom stereocenters. The van der Waals surface area contributed by atoms with E-state index in [4.69, 9.17) is 0 Å². The molecule has 2 aromatic heterocycles. The molecule has 0 aromatic carbocycles. The van der Waals surface area contributed by atoms with E-state index in [2.05, 4.69) is 62.2 Å². The van der Waals surface area contributed by atoms with Gasteiger partial charge in [0.05, 0.1) is 0 Å². The van der Waals surface area contributed by atoms with Crippen LogP contribution in [0.25, 0.3) is 0 Å². The monoisotopic (exact) mass is 330 g/mol. The van der Waals surface area contributed by atoms with Crippen LogP contribution in [0.4, 0.5) is 0 Å². The predicted octanol–water partition coefficient (Wildman–Crippen LogP) is 2.46. The van der Waals surface area contributed by atoms with Gasteiger partial charge in [-0.15, -0.1) is 9.13 Å². The molecule has 0 aliphatic rings. The van der Waals surface area contributed by atoms with Crippen LogP contribution in [0.5, 0.6) is 0 Å². The van der Waals surface area contributed by atoms with E-state index >= 15 is 0 Å². The first-order chi connectivity index (χ1) is 7.45. The summed E-state index contributed by atoms with van der Waals surface area (Å²) in [5.74, 6) is 0. The first-order valence-electron chi connectivity index (χ1n) is 4.47. The van der Waals surface area contributed by atoms with Crippen LogP contribution in [-0.4, -0.2) is 0 Å². The molecule has 78 valence electrons. The van der Waals surface area contributed by atoms with Crippen LogP contribution in [0, 0.1) is 0 Å². The van der Waals surface area contributed by atoms with Crippen molar-refractivity contribution in [1.82, 2.24) is 0 Å². The van der Waals surface area contributed by atoms with Gasteiger partial charge in [0.25, 0.3) is 0 Å². The summed E-state index contributed by atoms with van der Waals surface area (Å²) in [7, 11) is 0. The second kappa shape index (κ2) is 7.54. The van der Waals surface area contributed by atoms with E-state index in [1.54, 1.807) is 0 Å². The summed E-state index contributed by atoms with van der Waals surface area (Å²) in [6.45, 7) is 0.863. The first kappa shape index (κ1) is 12.3. The summed E-state index contributed by atoms with van der Waals surface area (Å²) in [4.78, 5) is 0. The Morgan fingerprint density at radius 2 is 0.933 bits per heavy atom. The van der Waals surface area contributed by atoms with E-state index in [0.717, 1.165) is 6.67 Å². The van der Waals surface area contributed by atoms with E-state index < -0.39 is 0 Å². The number of hydrogen-bond donors (Lipinski definition) is 0. The van der Waals surface area contributed by atoms with Gasteiger partial charge in [0.2, 0.25) is 0 Å². The van der Waals surface area contributed by atoms with Crippen molar-refractivity contribution >= 4 is 28.3 Å². The van der Waals surface area contributed by atoms with Gasteiger partial charge >= 0.3 is 6.67 Å². The molecule has 15 heavy (non-hydrogen) atoms. The van der Waals surface area contributed by atoms with Crippen molar-refractivity contribution < 1.29 is 9.13 Å². The smallest absolute Gasteiger partial charge is 0.147 e. The van der Waals surface area contributed by atoms with Gasteiger partial charge < -0.3 is 0 Å². The van der Waals surface area contributed by atoms with Gasteiger partial charge in [0.1, 0.15) is 0 Å². The minimum atomic E-state index is 0.863. The van der Waals surface area contributed by atoms with Gasteiger partial charge in [-0.2, -0.15) is 0 Å². The molecule has 0 amide bonds. The molecule has 0 radical (unpaired) electrons. The van der Waals surface area contributed by atoms with E-state index in [1.165, 1.54) is 0 Å². The maximum atomic E-state index is 2.75. The van der Waals surface area contributed by atoms with E-state index in [9.17, 15) is 0 Å². The third-order valence-corrected chi connectivity index (χ3v) is 1.88. The minimum absolute atomic E-state index is 0.863. The zero-order valence-corrected chi connectivity index (χ0v) is 11.3. The Morgan fingerprint density at radius 3 is 1.27 bits per heavy atom. The van der Waals surface area contributed by atoms with Crippen molar-refractivity contribution in [1.29, 1.82) is 0 Å². The predicted molar refractivity (Wildman–Crippen MR) is 66.5 cm³/mol. The van der Waals surface area contributed by atoms with Gasteiger partial charge in [-0.25, -0.2) is 0 Å². The maximum Gasteiger partial charge on any atom is 0.343 e. The molecule has 0 aliphatic carbocycles. The normalized spacial score (nSPS) is 8.93. The van der Waals surface area contributed by atoms with Crippen LogP contribution in [-0.2, 0) is 6.67 Å². The topological polar surface area (TPSA) is 7.76 Å². The zero-order valence-electron chi connectivity index (χ0n) is 8.13. The van der Waals surface area contributed by atoms with Crippen LogP contribution in [0.1, 0.15) is 0 Å². The fourth-order valence-electron chi connectivity index (χ4n) is 1.25. The van der Waals surface area contributed by atoms with Crippen molar-refractivity contribution in [3.8, 4) is 0 Å². The molecule has 0 fully saturated rings. The number of aromatic nitrogens is 2. The Labute approximate surface area is 105 Å². The van der Waals surface area contributed by atoms with Crippen LogP contribution in [0.3, 0.4) is 0 Å². The molecule has 0 N–H and O–H groups in total. The lowest BCUT2D eigenvalue weighted by atomic mass is 10.5. The van der Waals surface area contributed by atoms with Crippen LogP contribution in [0.15, 0.2) is 61.2 Å². The fourth-order valence-corrected chi connectivity index (χ4v) is 1.25. The van der Waals surface area contributed by atoms with Gasteiger partial charge in [-0.3, -0.25) is 0 Å². The molecule has 4 heteroatoms. The largest absolute Gasteiger partial charge is 0.343 e. The van der Waals surface area contributed by atoms with E-state index in [1.807, 2.05) is 36.4 Å². The average Bonchev–Trinajstić information content (AvgIpc) is 2.34.